The first kappa shape index (κ1) is 12.8. The Bertz CT molecular complexity index is 377. The zero-order valence-electron chi connectivity index (χ0n) is 9.59. The number of hydrogen-bond donors (Lipinski definition) is 2. The van der Waals surface area contributed by atoms with Crippen LogP contribution in [0.25, 0.3) is 0 Å². The van der Waals surface area contributed by atoms with Crippen LogP contribution >= 0.6 is 11.6 Å². The minimum absolute atomic E-state index is 0.441. The van der Waals surface area contributed by atoms with E-state index in [1.54, 1.807) is 18.2 Å². The first-order valence-electron chi connectivity index (χ1n) is 5.34. The summed E-state index contributed by atoms with van der Waals surface area (Å²) >= 11 is 5.87. The van der Waals surface area contributed by atoms with Crippen LogP contribution in [0.4, 0.5) is 5.69 Å². The van der Waals surface area contributed by atoms with Crippen molar-refractivity contribution in [2.75, 3.05) is 11.9 Å². The van der Waals surface area contributed by atoms with Gasteiger partial charge < -0.3 is 11.1 Å². The molecule has 0 fully saturated rings. The summed E-state index contributed by atoms with van der Waals surface area (Å²) in [7, 11) is 0. The second-order valence-electron chi connectivity index (χ2n) is 4.16. The first-order valence-corrected chi connectivity index (χ1v) is 5.71. The van der Waals surface area contributed by atoms with Gasteiger partial charge in [-0.15, -0.1) is 0 Å². The molecule has 0 radical (unpaired) electrons. The Kier molecular flexibility index (Phi) is 4.62. The van der Waals surface area contributed by atoms with Crippen molar-refractivity contribution in [1.82, 2.24) is 0 Å². The molecule has 16 heavy (non-hydrogen) atoms. The third-order valence-electron chi connectivity index (χ3n) is 2.28. The molecule has 0 atom stereocenters. The second-order valence-corrected chi connectivity index (χ2v) is 4.60. The molecule has 3 N–H and O–H groups in total. The smallest absolute Gasteiger partial charge is 0.250 e. The predicted molar refractivity (Wildman–Crippen MR) is 67.9 cm³/mol. The summed E-state index contributed by atoms with van der Waals surface area (Å²) in [5.74, 6) is 0.174. The number of carbonyl (C=O) groups excluding carboxylic acids is 1. The maximum atomic E-state index is 11.2. The molecule has 1 aromatic rings. The van der Waals surface area contributed by atoms with E-state index in [0.717, 1.165) is 13.0 Å². The van der Waals surface area contributed by atoms with Gasteiger partial charge in [-0.3, -0.25) is 4.79 Å². The summed E-state index contributed by atoms with van der Waals surface area (Å²) in [5.41, 5.74) is 6.46. The van der Waals surface area contributed by atoms with E-state index in [4.69, 9.17) is 17.3 Å². The molecule has 0 aromatic heterocycles. The molecule has 0 heterocycles. The van der Waals surface area contributed by atoms with E-state index >= 15 is 0 Å². The summed E-state index contributed by atoms with van der Waals surface area (Å²) in [6, 6.07) is 5.03. The van der Waals surface area contributed by atoms with Crippen molar-refractivity contribution < 1.29 is 4.79 Å². The van der Waals surface area contributed by atoms with Crippen LogP contribution in [0.5, 0.6) is 0 Å². The van der Waals surface area contributed by atoms with Crippen LogP contribution in [0.2, 0.25) is 5.02 Å². The number of rotatable bonds is 5. The van der Waals surface area contributed by atoms with Crippen molar-refractivity contribution in [2.24, 2.45) is 11.7 Å². The number of anilines is 1. The third-order valence-corrected chi connectivity index (χ3v) is 2.52. The van der Waals surface area contributed by atoms with Crippen LogP contribution in [-0.4, -0.2) is 12.5 Å². The van der Waals surface area contributed by atoms with E-state index in [9.17, 15) is 4.79 Å². The lowest BCUT2D eigenvalue weighted by Gasteiger charge is -2.11. The molecular weight excluding hydrogens is 224 g/mol. The lowest BCUT2D eigenvalue weighted by atomic mass is 10.1. The van der Waals surface area contributed by atoms with Gasteiger partial charge in [-0.1, -0.05) is 25.4 Å². The molecule has 0 saturated carbocycles. The van der Waals surface area contributed by atoms with E-state index in [0.29, 0.717) is 22.2 Å². The normalized spacial score (nSPS) is 10.5. The Hall–Kier alpha value is -1.22. The van der Waals surface area contributed by atoms with E-state index in [2.05, 4.69) is 19.2 Å². The monoisotopic (exact) mass is 240 g/mol. The molecule has 0 spiro atoms. The number of hydrogen-bond acceptors (Lipinski definition) is 2. The third kappa shape index (κ3) is 3.74. The largest absolute Gasteiger partial charge is 0.384 e. The number of primary amides is 1. The van der Waals surface area contributed by atoms with Crippen molar-refractivity contribution in [3.63, 3.8) is 0 Å². The number of nitrogens with one attached hydrogen (secondary N) is 1. The summed E-state index contributed by atoms with van der Waals surface area (Å²) in [5, 5.41) is 3.78. The second kappa shape index (κ2) is 5.75. The van der Waals surface area contributed by atoms with Gasteiger partial charge in [0.15, 0.2) is 0 Å². The maximum absolute atomic E-state index is 11.2. The highest BCUT2D eigenvalue weighted by atomic mass is 35.5. The van der Waals surface area contributed by atoms with Crippen LogP contribution in [0.3, 0.4) is 0 Å². The Balaban J connectivity index is 2.76. The lowest BCUT2D eigenvalue weighted by Crippen LogP contribution is -2.15. The number of amides is 1. The number of carbonyl (C=O) groups is 1. The van der Waals surface area contributed by atoms with Crippen LogP contribution in [0.15, 0.2) is 18.2 Å². The Morgan fingerprint density at radius 2 is 2.19 bits per heavy atom. The number of halogens is 1. The number of benzene rings is 1. The minimum Gasteiger partial charge on any atom is -0.384 e. The Morgan fingerprint density at radius 3 is 2.75 bits per heavy atom. The van der Waals surface area contributed by atoms with Crippen molar-refractivity contribution in [1.29, 1.82) is 0 Å². The predicted octanol–water partition coefficient (Wildman–Crippen LogP) is 2.90. The maximum Gasteiger partial charge on any atom is 0.250 e. The fraction of sp³-hybridized carbons (Fsp3) is 0.417. The fourth-order valence-corrected chi connectivity index (χ4v) is 1.55. The van der Waals surface area contributed by atoms with Crippen LogP contribution in [-0.2, 0) is 0 Å². The van der Waals surface area contributed by atoms with Crippen molar-refractivity contribution in [3.05, 3.63) is 28.8 Å². The highest BCUT2D eigenvalue weighted by Gasteiger charge is 2.08. The van der Waals surface area contributed by atoms with Crippen LogP contribution < -0.4 is 11.1 Å². The highest BCUT2D eigenvalue weighted by molar-refractivity contribution is 6.31. The van der Waals surface area contributed by atoms with Gasteiger partial charge in [0.2, 0.25) is 0 Å². The highest BCUT2D eigenvalue weighted by Crippen LogP contribution is 2.20. The molecule has 0 aliphatic carbocycles. The molecule has 0 unspecified atom stereocenters. The van der Waals surface area contributed by atoms with Gasteiger partial charge in [0.25, 0.3) is 5.91 Å². The number of nitrogens with two attached hydrogens (primary N) is 1. The molecule has 4 heteroatoms. The quantitative estimate of drug-likeness (QED) is 0.832. The topological polar surface area (TPSA) is 55.1 Å². The summed E-state index contributed by atoms with van der Waals surface area (Å²) in [6.45, 7) is 5.10. The molecule has 1 aromatic carbocycles. The molecule has 1 amide bonds. The Morgan fingerprint density at radius 1 is 1.50 bits per heavy atom. The van der Waals surface area contributed by atoms with E-state index in [1.165, 1.54) is 0 Å². The van der Waals surface area contributed by atoms with E-state index in [1.807, 2.05) is 0 Å². The van der Waals surface area contributed by atoms with Gasteiger partial charge in [-0.05, 0) is 30.5 Å². The van der Waals surface area contributed by atoms with Gasteiger partial charge in [0.1, 0.15) is 0 Å². The molecule has 3 nitrogen and oxygen atoms in total. The summed E-state index contributed by atoms with van der Waals surface area (Å²) < 4.78 is 0. The van der Waals surface area contributed by atoms with Crippen molar-refractivity contribution >= 4 is 23.2 Å². The summed E-state index contributed by atoms with van der Waals surface area (Å²) in [4.78, 5) is 11.2. The fourth-order valence-electron chi connectivity index (χ4n) is 1.37. The first-order chi connectivity index (χ1) is 7.50. The van der Waals surface area contributed by atoms with E-state index in [-0.39, 0.29) is 0 Å². The van der Waals surface area contributed by atoms with Crippen LogP contribution in [0.1, 0.15) is 30.6 Å². The van der Waals surface area contributed by atoms with Gasteiger partial charge in [0, 0.05) is 17.3 Å². The molecule has 0 aliphatic rings. The van der Waals surface area contributed by atoms with E-state index < -0.39 is 5.91 Å². The zero-order chi connectivity index (χ0) is 12.1. The molecule has 0 saturated heterocycles. The van der Waals surface area contributed by atoms with Gasteiger partial charge in [-0.2, -0.15) is 0 Å². The Labute approximate surface area is 101 Å². The van der Waals surface area contributed by atoms with Gasteiger partial charge in [0.05, 0.1) is 5.56 Å². The van der Waals surface area contributed by atoms with Gasteiger partial charge >= 0.3 is 0 Å². The minimum atomic E-state index is -0.441. The summed E-state index contributed by atoms with van der Waals surface area (Å²) in [6.07, 6.45) is 1.03. The molecular formula is C12H17ClN2O. The van der Waals surface area contributed by atoms with Crippen molar-refractivity contribution in [3.8, 4) is 0 Å². The average molecular weight is 241 g/mol. The molecule has 0 aliphatic heterocycles. The lowest BCUT2D eigenvalue weighted by molar-refractivity contribution is 0.100. The van der Waals surface area contributed by atoms with Crippen LogP contribution in [0, 0.1) is 5.92 Å². The SMILES string of the molecule is CC(C)CCNc1cc(Cl)ccc1C(N)=O. The van der Waals surface area contributed by atoms with Crippen molar-refractivity contribution in [2.45, 2.75) is 20.3 Å². The molecule has 0 bridgehead atoms. The average Bonchev–Trinajstić information content (AvgIpc) is 2.16. The zero-order valence-corrected chi connectivity index (χ0v) is 10.3. The standard InChI is InChI=1S/C12H17ClN2O/c1-8(2)5-6-15-11-7-9(13)3-4-10(11)12(14)16/h3-4,7-8,15H,5-6H2,1-2H3,(H2,14,16). The molecule has 88 valence electrons. The molecule has 1 rings (SSSR count). The van der Waals surface area contributed by atoms with Gasteiger partial charge in [-0.25, -0.2) is 0 Å².